The molecule has 0 radical (unpaired) electrons. The van der Waals surface area contributed by atoms with Crippen molar-refractivity contribution in [2.75, 3.05) is 13.7 Å². The van der Waals surface area contributed by atoms with Crippen LogP contribution in [-0.4, -0.2) is 19.6 Å². The molecule has 1 aromatic rings. The van der Waals surface area contributed by atoms with Crippen molar-refractivity contribution in [3.05, 3.63) is 22.4 Å². The highest BCUT2D eigenvalue weighted by molar-refractivity contribution is 7.10. The lowest BCUT2D eigenvalue weighted by Crippen LogP contribution is -2.28. The largest absolute Gasteiger partial charge is 0.469 e. The molecule has 0 aliphatic heterocycles. The van der Waals surface area contributed by atoms with Crippen molar-refractivity contribution in [2.24, 2.45) is 5.92 Å². The van der Waals surface area contributed by atoms with Gasteiger partial charge in [0.2, 0.25) is 0 Å². The van der Waals surface area contributed by atoms with Gasteiger partial charge in [0, 0.05) is 4.88 Å². The molecule has 0 amide bonds. The van der Waals surface area contributed by atoms with Gasteiger partial charge in [0.15, 0.2) is 0 Å². The van der Waals surface area contributed by atoms with Crippen LogP contribution in [0.4, 0.5) is 0 Å². The molecular formula is C14H23NO2S. The van der Waals surface area contributed by atoms with Gasteiger partial charge in [-0.1, -0.05) is 26.3 Å². The summed E-state index contributed by atoms with van der Waals surface area (Å²) in [6, 6.07) is 4.16. The van der Waals surface area contributed by atoms with Crippen LogP contribution in [0.25, 0.3) is 0 Å². The number of hydrogen-bond acceptors (Lipinski definition) is 4. The van der Waals surface area contributed by atoms with E-state index in [1.165, 1.54) is 24.8 Å². The molecule has 0 aromatic carbocycles. The lowest BCUT2D eigenvalue weighted by Gasteiger charge is -2.19. The number of carbonyl (C=O) groups is 1. The van der Waals surface area contributed by atoms with Crippen LogP contribution in [0, 0.1) is 5.92 Å². The maximum absolute atomic E-state index is 11.4. The van der Waals surface area contributed by atoms with Gasteiger partial charge in [-0.15, -0.1) is 11.3 Å². The van der Waals surface area contributed by atoms with Crippen molar-refractivity contribution in [1.82, 2.24) is 5.32 Å². The van der Waals surface area contributed by atoms with E-state index in [-0.39, 0.29) is 12.0 Å². The second-order valence-corrected chi connectivity index (χ2v) is 5.63. The summed E-state index contributed by atoms with van der Waals surface area (Å²) >= 11 is 1.68. The van der Waals surface area contributed by atoms with E-state index in [0.29, 0.717) is 12.3 Å². The molecule has 1 heterocycles. The normalized spacial score (nSPS) is 14.2. The highest BCUT2D eigenvalue weighted by atomic mass is 32.1. The number of nitrogens with one attached hydrogen (secondary N) is 1. The number of carbonyl (C=O) groups excluding carboxylic acids is 1. The summed E-state index contributed by atoms with van der Waals surface area (Å²) in [5, 5.41) is 5.52. The fourth-order valence-electron chi connectivity index (χ4n) is 1.95. The molecule has 0 fully saturated rings. The number of esters is 1. The summed E-state index contributed by atoms with van der Waals surface area (Å²) in [7, 11) is 1.44. The Hall–Kier alpha value is -0.870. The number of rotatable bonds is 8. The molecule has 0 bridgehead atoms. The van der Waals surface area contributed by atoms with Crippen molar-refractivity contribution in [3.63, 3.8) is 0 Å². The number of methoxy groups -OCH3 is 1. The lowest BCUT2D eigenvalue weighted by molar-refractivity contribution is -0.141. The average Bonchev–Trinajstić information content (AvgIpc) is 2.88. The van der Waals surface area contributed by atoms with Crippen LogP contribution in [0.2, 0.25) is 0 Å². The smallest absolute Gasteiger partial charge is 0.307 e. The molecule has 0 aliphatic rings. The molecule has 3 nitrogen and oxygen atoms in total. The first-order chi connectivity index (χ1) is 8.67. The third-order valence-electron chi connectivity index (χ3n) is 2.98. The van der Waals surface area contributed by atoms with Crippen LogP contribution < -0.4 is 5.32 Å². The summed E-state index contributed by atoms with van der Waals surface area (Å²) in [4.78, 5) is 12.6. The molecule has 4 heteroatoms. The second kappa shape index (κ2) is 8.27. The van der Waals surface area contributed by atoms with Gasteiger partial charge >= 0.3 is 5.97 Å². The predicted octanol–water partition coefficient (Wildman–Crippen LogP) is 3.38. The van der Waals surface area contributed by atoms with Gasteiger partial charge in [0.1, 0.15) is 0 Å². The fraction of sp³-hybridized carbons (Fsp3) is 0.643. The molecule has 1 N–H and O–H groups in total. The summed E-state index contributed by atoms with van der Waals surface area (Å²) in [6.07, 6.45) is 2.81. The molecular weight excluding hydrogens is 246 g/mol. The Balaban J connectivity index is 2.53. The van der Waals surface area contributed by atoms with Gasteiger partial charge in [0.25, 0.3) is 0 Å². The van der Waals surface area contributed by atoms with E-state index in [0.717, 1.165) is 6.54 Å². The minimum Gasteiger partial charge on any atom is -0.469 e. The average molecular weight is 269 g/mol. The van der Waals surface area contributed by atoms with Crippen molar-refractivity contribution in [1.29, 1.82) is 0 Å². The second-order valence-electron chi connectivity index (χ2n) is 4.65. The molecule has 0 aliphatic carbocycles. The highest BCUT2D eigenvalue weighted by Gasteiger charge is 2.17. The van der Waals surface area contributed by atoms with E-state index < -0.39 is 0 Å². The Morgan fingerprint density at radius 3 is 2.89 bits per heavy atom. The maximum atomic E-state index is 11.4. The molecule has 0 spiro atoms. The van der Waals surface area contributed by atoms with Crippen molar-refractivity contribution >= 4 is 17.3 Å². The van der Waals surface area contributed by atoms with Gasteiger partial charge in [-0.25, -0.2) is 0 Å². The minimum absolute atomic E-state index is 0.0803. The molecule has 0 saturated carbocycles. The number of ether oxygens (including phenoxy) is 1. The first-order valence-electron chi connectivity index (χ1n) is 6.51. The van der Waals surface area contributed by atoms with Crippen LogP contribution in [0.5, 0.6) is 0 Å². The van der Waals surface area contributed by atoms with Gasteiger partial charge in [0.05, 0.1) is 19.6 Å². The van der Waals surface area contributed by atoms with Crippen molar-refractivity contribution < 1.29 is 9.53 Å². The highest BCUT2D eigenvalue weighted by Crippen LogP contribution is 2.22. The van der Waals surface area contributed by atoms with Crippen LogP contribution in [0.1, 0.15) is 44.0 Å². The van der Waals surface area contributed by atoms with E-state index in [4.69, 9.17) is 4.74 Å². The van der Waals surface area contributed by atoms with Crippen LogP contribution in [0.3, 0.4) is 0 Å². The van der Waals surface area contributed by atoms with E-state index in [1.807, 2.05) is 11.4 Å². The summed E-state index contributed by atoms with van der Waals surface area (Å²) in [6.45, 7) is 5.37. The monoisotopic (exact) mass is 269 g/mol. The fourth-order valence-corrected chi connectivity index (χ4v) is 2.75. The number of hydrogen-bond donors (Lipinski definition) is 1. The van der Waals surface area contributed by atoms with Crippen molar-refractivity contribution in [3.8, 4) is 0 Å². The van der Waals surface area contributed by atoms with Gasteiger partial charge in [-0.2, -0.15) is 0 Å². The first-order valence-corrected chi connectivity index (χ1v) is 7.38. The lowest BCUT2D eigenvalue weighted by atomic mass is 10.1. The standard InChI is InChI=1S/C14H23NO2S/c1-4-6-11(2)10-15-12(9-14(16)17-3)13-7-5-8-18-13/h5,7-8,11-12,15H,4,6,9-10H2,1-3H3. The first kappa shape index (κ1) is 15.2. The zero-order chi connectivity index (χ0) is 13.4. The van der Waals surface area contributed by atoms with Crippen LogP contribution in [-0.2, 0) is 9.53 Å². The van der Waals surface area contributed by atoms with Gasteiger partial charge < -0.3 is 10.1 Å². The molecule has 2 atom stereocenters. The quantitative estimate of drug-likeness (QED) is 0.735. The minimum atomic E-state index is -0.163. The van der Waals surface area contributed by atoms with E-state index in [1.54, 1.807) is 11.3 Å². The third-order valence-corrected chi connectivity index (χ3v) is 3.97. The van der Waals surface area contributed by atoms with E-state index >= 15 is 0 Å². The Labute approximate surface area is 114 Å². The Bertz CT molecular complexity index is 338. The maximum Gasteiger partial charge on any atom is 0.307 e. The summed E-state index contributed by atoms with van der Waals surface area (Å²) < 4.78 is 4.76. The molecule has 18 heavy (non-hydrogen) atoms. The van der Waals surface area contributed by atoms with Gasteiger partial charge in [-0.3, -0.25) is 4.79 Å². The molecule has 1 aromatic heterocycles. The molecule has 0 saturated heterocycles. The third kappa shape index (κ3) is 5.19. The zero-order valence-electron chi connectivity index (χ0n) is 11.4. The van der Waals surface area contributed by atoms with E-state index in [9.17, 15) is 4.79 Å². The molecule has 2 unspecified atom stereocenters. The number of thiophene rings is 1. The Kier molecular flexibility index (Phi) is 6.98. The molecule has 102 valence electrons. The zero-order valence-corrected chi connectivity index (χ0v) is 12.3. The summed E-state index contributed by atoms with van der Waals surface area (Å²) in [5.74, 6) is 0.471. The van der Waals surface area contributed by atoms with Crippen molar-refractivity contribution in [2.45, 2.75) is 39.2 Å². The van der Waals surface area contributed by atoms with E-state index in [2.05, 4.69) is 25.2 Å². The molecule has 1 rings (SSSR count). The van der Waals surface area contributed by atoms with Crippen LogP contribution in [0.15, 0.2) is 17.5 Å². The Morgan fingerprint density at radius 1 is 1.56 bits per heavy atom. The SMILES string of the molecule is CCCC(C)CNC(CC(=O)OC)c1cccs1. The topological polar surface area (TPSA) is 38.3 Å². The van der Waals surface area contributed by atoms with Crippen LogP contribution >= 0.6 is 11.3 Å². The summed E-state index contributed by atoms with van der Waals surface area (Å²) in [5.41, 5.74) is 0. The van der Waals surface area contributed by atoms with Gasteiger partial charge in [-0.05, 0) is 30.3 Å². The Morgan fingerprint density at radius 2 is 2.33 bits per heavy atom. The predicted molar refractivity (Wildman–Crippen MR) is 75.8 cm³/mol.